The zero-order chi connectivity index (χ0) is 17.3. The largest absolute Gasteiger partial charge is 0.391 e. The Balaban J connectivity index is 1.83. The molecule has 0 bridgehead atoms. The third-order valence-electron chi connectivity index (χ3n) is 4.19. The Hall–Kier alpha value is -2.34. The summed E-state index contributed by atoms with van der Waals surface area (Å²) in [6, 6.07) is 7.86. The molecule has 6 heteroatoms. The highest BCUT2D eigenvalue weighted by atomic mass is 19.1. The van der Waals surface area contributed by atoms with Crippen LogP contribution in [-0.4, -0.2) is 28.6 Å². The van der Waals surface area contributed by atoms with Crippen molar-refractivity contribution in [3.05, 3.63) is 71.0 Å². The first-order valence-corrected chi connectivity index (χ1v) is 7.61. The molecule has 1 amide bonds. The van der Waals surface area contributed by atoms with E-state index in [0.717, 1.165) is 18.2 Å². The summed E-state index contributed by atoms with van der Waals surface area (Å²) in [5, 5.41) is 9.88. The molecule has 0 aliphatic carbocycles. The van der Waals surface area contributed by atoms with E-state index in [2.05, 4.69) is 0 Å². The van der Waals surface area contributed by atoms with Gasteiger partial charge in [0.05, 0.1) is 18.6 Å². The van der Waals surface area contributed by atoms with Crippen LogP contribution in [0.5, 0.6) is 0 Å². The molecule has 2 atom stereocenters. The van der Waals surface area contributed by atoms with Gasteiger partial charge in [-0.1, -0.05) is 12.1 Å². The van der Waals surface area contributed by atoms with Crippen molar-refractivity contribution in [1.82, 2.24) is 4.90 Å². The molecule has 1 heterocycles. The zero-order valence-electron chi connectivity index (χ0n) is 12.8. The van der Waals surface area contributed by atoms with E-state index < -0.39 is 29.6 Å². The molecule has 126 valence electrons. The van der Waals surface area contributed by atoms with Gasteiger partial charge in [-0.05, 0) is 42.3 Å². The maximum Gasteiger partial charge on any atom is 0.227 e. The summed E-state index contributed by atoms with van der Waals surface area (Å²) in [4.78, 5) is 13.9. The highest BCUT2D eigenvalue weighted by molar-refractivity contribution is 5.79. The normalized spacial score (nSPS) is 20.4. The van der Waals surface area contributed by atoms with Crippen LogP contribution in [0.3, 0.4) is 0 Å². The molecule has 1 fully saturated rings. The Labute approximate surface area is 137 Å². The molecule has 0 aromatic heterocycles. The average molecular weight is 335 g/mol. The van der Waals surface area contributed by atoms with Crippen LogP contribution in [-0.2, 0) is 11.2 Å². The second-order valence-corrected chi connectivity index (χ2v) is 5.92. The van der Waals surface area contributed by atoms with Crippen LogP contribution in [0.25, 0.3) is 0 Å². The lowest BCUT2D eigenvalue weighted by molar-refractivity contribution is -0.131. The van der Waals surface area contributed by atoms with Crippen molar-refractivity contribution in [2.24, 2.45) is 0 Å². The Morgan fingerprint density at radius 3 is 2.46 bits per heavy atom. The Morgan fingerprint density at radius 1 is 1.08 bits per heavy atom. The number of halogens is 3. The summed E-state index contributed by atoms with van der Waals surface area (Å²) in [6.07, 6.45) is -0.648. The molecule has 1 aliphatic heterocycles. The van der Waals surface area contributed by atoms with Crippen LogP contribution < -0.4 is 0 Å². The first kappa shape index (κ1) is 16.5. The van der Waals surface area contributed by atoms with Crippen molar-refractivity contribution >= 4 is 5.91 Å². The number of rotatable bonds is 3. The number of hydrogen-bond acceptors (Lipinski definition) is 2. The smallest absolute Gasteiger partial charge is 0.227 e. The molecular weight excluding hydrogens is 319 g/mol. The third-order valence-corrected chi connectivity index (χ3v) is 4.19. The molecule has 0 spiro atoms. The van der Waals surface area contributed by atoms with Crippen molar-refractivity contribution in [1.29, 1.82) is 0 Å². The maximum atomic E-state index is 14.0. The van der Waals surface area contributed by atoms with Gasteiger partial charge in [-0.3, -0.25) is 4.79 Å². The Morgan fingerprint density at radius 2 is 1.75 bits per heavy atom. The molecule has 24 heavy (non-hydrogen) atoms. The van der Waals surface area contributed by atoms with Crippen LogP contribution in [0.15, 0.2) is 42.5 Å². The van der Waals surface area contributed by atoms with E-state index in [-0.39, 0.29) is 30.9 Å². The van der Waals surface area contributed by atoms with E-state index in [9.17, 15) is 23.1 Å². The van der Waals surface area contributed by atoms with E-state index in [1.807, 2.05) is 0 Å². The summed E-state index contributed by atoms with van der Waals surface area (Å²) >= 11 is 0. The van der Waals surface area contributed by atoms with Gasteiger partial charge in [-0.25, -0.2) is 13.2 Å². The molecule has 1 saturated heterocycles. The van der Waals surface area contributed by atoms with E-state index in [1.165, 1.54) is 29.2 Å². The van der Waals surface area contributed by atoms with Gasteiger partial charge in [0.25, 0.3) is 0 Å². The predicted molar refractivity (Wildman–Crippen MR) is 81.5 cm³/mol. The first-order chi connectivity index (χ1) is 11.4. The minimum Gasteiger partial charge on any atom is -0.391 e. The summed E-state index contributed by atoms with van der Waals surface area (Å²) in [6.45, 7) is 0.0562. The number of aliphatic hydroxyl groups is 1. The number of β-amino-alcohol motifs (C(OH)–C–C–N with tert-alkyl or cyclic N) is 1. The van der Waals surface area contributed by atoms with Crippen molar-refractivity contribution in [3.8, 4) is 0 Å². The SMILES string of the molecule is O=C(Cc1ccc(F)cc1)N1CC(O)CC1c1cc(F)ccc1F. The van der Waals surface area contributed by atoms with Crippen LogP contribution in [0.4, 0.5) is 13.2 Å². The van der Waals surface area contributed by atoms with Gasteiger partial charge in [0.2, 0.25) is 5.91 Å². The fourth-order valence-corrected chi connectivity index (χ4v) is 3.03. The van der Waals surface area contributed by atoms with E-state index in [1.54, 1.807) is 0 Å². The Bertz CT molecular complexity index is 748. The molecular formula is C18H16F3NO2. The molecule has 0 saturated carbocycles. The number of amides is 1. The van der Waals surface area contributed by atoms with Gasteiger partial charge in [0, 0.05) is 12.1 Å². The summed E-state index contributed by atoms with van der Waals surface area (Å²) in [7, 11) is 0. The second kappa shape index (κ2) is 6.65. The van der Waals surface area contributed by atoms with Crippen molar-refractivity contribution in [2.75, 3.05) is 6.54 Å². The van der Waals surface area contributed by atoms with Gasteiger partial charge in [-0.15, -0.1) is 0 Å². The fourth-order valence-electron chi connectivity index (χ4n) is 3.03. The summed E-state index contributed by atoms with van der Waals surface area (Å²) < 4.78 is 40.4. The molecule has 2 unspecified atom stereocenters. The maximum absolute atomic E-state index is 14.0. The number of carbonyl (C=O) groups excluding carboxylic acids is 1. The third kappa shape index (κ3) is 3.43. The fraction of sp³-hybridized carbons (Fsp3) is 0.278. The molecule has 2 aromatic rings. The molecule has 1 aliphatic rings. The van der Waals surface area contributed by atoms with E-state index in [0.29, 0.717) is 5.56 Å². The first-order valence-electron chi connectivity index (χ1n) is 7.61. The molecule has 2 aromatic carbocycles. The number of likely N-dealkylation sites (tertiary alicyclic amines) is 1. The predicted octanol–water partition coefficient (Wildman–Crippen LogP) is 2.98. The van der Waals surface area contributed by atoms with Crippen molar-refractivity contribution < 1.29 is 23.1 Å². The van der Waals surface area contributed by atoms with Crippen LogP contribution in [0.1, 0.15) is 23.6 Å². The van der Waals surface area contributed by atoms with Gasteiger partial charge in [-0.2, -0.15) is 0 Å². The molecule has 0 radical (unpaired) electrons. The van der Waals surface area contributed by atoms with Crippen molar-refractivity contribution in [3.63, 3.8) is 0 Å². The van der Waals surface area contributed by atoms with Crippen LogP contribution in [0.2, 0.25) is 0 Å². The minimum absolute atomic E-state index is 0.000431. The van der Waals surface area contributed by atoms with Crippen LogP contribution >= 0.6 is 0 Å². The number of benzene rings is 2. The lowest BCUT2D eigenvalue weighted by Gasteiger charge is -2.25. The zero-order valence-corrected chi connectivity index (χ0v) is 12.8. The topological polar surface area (TPSA) is 40.5 Å². The standard InChI is InChI=1S/C18H16F3NO2/c19-12-3-1-11(2-4-12)7-18(24)22-10-14(23)9-17(22)15-8-13(20)5-6-16(15)21/h1-6,8,14,17,23H,7,9-10H2. The van der Waals surface area contributed by atoms with E-state index in [4.69, 9.17) is 0 Å². The Kier molecular flexibility index (Phi) is 4.57. The quantitative estimate of drug-likeness (QED) is 0.937. The van der Waals surface area contributed by atoms with Crippen LogP contribution in [0, 0.1) is 17.5 Å². The van der Waals surface area contributed by atoms with Gasteiger partial charge >= 0.3 is 0 Å². The lowest BCUT2D eigenvalue weighted by Crippen LogP contribution is -2.33. The summed E-state index contributed by atoms with van der Waals surface area (Å²) in [5.74, 6) is -1.94. The molecule has 1 N–H and O–H groups in total. The lowest BCUT2D eigenvalue weighted by atomic mass is 10.0. The molecule has 3 nitrogen and oxygen atoms in total. The number of aliphatic hydroxyl groups excluding tert-OH is 1. The molecule has 3 rings (SSSR count). The highest BCUT2D eigenvalue weighted by Crippen LogP contribution is 2.34. The van der Waals surface area contributed by atoms with Crippen molar-refractivity contribution in [2.45, 2.75) is 25.0 Å². The monoisotopic (exact) mass is 335 g/mol. The van der Waals surface area contributed by atoms with Gasteiger partial charge < -0.3 is 10.0 Å². The average Bonchev–Trinajstić information content (AvgIpc) is 2.94. The number of nitrogens with zero attached hydrogens (tertiary/aromatic N) is 1. The number of carbonyl (C=O) groups is 1. The minimum atomic E-state index is -0.796. The van der Waals surface area contributed by atoms with Gasteiger partial charge in [0.15, 0.2) is 0 Å². The second-order valence-electron chi connectivity index (χ2n) is 5.92. The van der Waals surface area contributed by atoms with E-state index >= 15 is 0 Å². The highest BCUT2D eigenvalue weighted by Gasteiger charge is 2.36. The summed E-state index contributed by atoms with van der Waals surface area (Å²) in [5.41, 5.74) is 0.667. The van der Waals surface area contributed by atoms with Gasteiger partial charge in [0.1, 0.15) is 17.5 Å². The number of hydrogen-bond donors (Lipinski definition) is 1.